The SMILES string of the molecule is O=C1COCCN1c1cccc(-c2cnc3c(c2)C2(CC2)CN3)c1F. The summed E-state index contributed by atoms with van der Waals surface area (Å²) in [6.07, 6.45) is 4.02. The zero-order chi connectivity index (χ0) is 17.0. The number of halogens is 1. The first-order chi connectivity index (χ1) is 12.2. The van der Waals surface area contributed by atoms with E-state index in [2.05, 4.69) is 16.4 Å². The highest BCUT2D eigenvalue weighted by Gasteiger charge is 2.49. The summed E-state index contributed by atoms with van der Waals surface area (Å²) < 4.78 is 20.3. The van der Waals surface area contributed by atoms with E-state index in [1.807, 2.05) is 0 Å². The van der Waals surface area contributed by atoms with Crippen molar-refractivity contribution >= 4 is 17.4 Å². The molecule has 3 aliphatic rings. The van der Waals surface area contributed by atoms with Crippen LogP contribution in [0.3, 0.4) is 0 Å². The molecule has 0 unspecified atom stereocenters. The van der Waals surface area contributed by atoms with E-state index in [4.69, 9.17) is 4.74 Å². The van der Waals surface area contributed by atoms with Crippen LogP contribution in [0.5, 0.6) is 0 Å². The van der Waals surface area contributed by atoms with Gasteiger partial charge in [-0.15, -0.1) is 0 Å². The van der Waals surface area contributed by atoms with E-state index in [1.165, 1.54) is 10.5 Å². The fourth-order valence-corrected chi connectivity index (χ4v) is 3.83. The molecule has 5 nitrogen and oxygen atoms in total. The predicted molar refractivity (Wildman–Crippen MR) is 92.2 cm³/mol. The fraction of sp³-hybridized carbons (Fsp3) is 0.368. The molecule has 1 aliphatic carbocycles. The van der Waals surface area contributed by atoms with Crippen LogP contribution < -0.4 is 10.2 Å². The average molecular weight is 339 g/mol. The van der Waals surface area contributed by atoms with Gasteiger partial charge in [-0.1, -0.05) is 12.1 Å². The number of nitrogens with zero attached hydrogens (tertiary/aromatic N) is 2. The first kappa shape index (κ1) is 14.8. The fourth-order valence-electron chi connectivity index (χ4n) is 3.83. The molecule has 1 spiro atoms. The highest BCUT2D eigenvalue weighted by Crippen LogP contribution is 2.54. The Labute approximate surface area is 144 Å². The van der Waals surface area contributed by atoms with Gasteiger partial charge in [0.25, 0.3) is 5.91 Å². The summed E-state index contributed by atoms with van der Waals surface area (Å²) in [4.78, 5) is 18.0. The van der Waals surface area contributed by atoms with Crippen molar-refractivity contribution in [2.45, 2.75) is 18.3 Å². The van der Waals surface area contributed by atoms with Crippen LogP contribution in [-0.4, -0.2) is 37.2 Å². The third-order valence-electron chi connectivity index (χ3n) is 5.47. The van der Waals surface area contributed by atoms with E-state index in [-0.39, 0.29) is 23.7 Å². The first-order valence-corrected chi connectivity index (χ1v) is 8.59. The number of hydrogen-bond donors (Lipinski definition) is 1. The quantitative estimate of drug-likeness (QED) is 0.914. The van der Waals surface area contributed by atoms with Crippen molar-refractivity contribution in [3.05, 3.63) is 41.8 Å². The maximum Gasteiger partial charge on any atom is 0.253 e. The molecule has 0 atom stereocenters. The second-order valence-electron chi connectivity index (χ2n) is 6.99. The van der Waals surface area contributed by atoms with E-state index in [0.29, 0.717) is 24.4 Å². The topological polar surface area (TPSA) is 54.5 Å². The summed E-state index contributed by atoms with van der Waals surface area (Å²) >= 11 is 0. The number of ether oxygens (including phenoxy) is 1. The Morgan fingerprint density at radius 1 is 1.32 bits per heavy atom. The van der Waals surface area contributed by atoms with Crippen molar-refractivity contribution in [3.63, 3.8) is 0 Å². The summed E-state index contributed by atoms with van der Waals surface area (Å²) in [6.45, 7) is 1.71. The van der Waals surface area contributed by atoms with Crippen LogP contribution in [0.25, 0.3) is 11.1 Å². The summed E-state index contributed by atoms with van der Waals surface area (Å²) in [6, 6.07) is 7.23. The lowest BCUT2D eigenvalue weighted by atomic mass is 9.96. The molecule has 25 heavy (non-hydrogen) atoms. The monoisotopic (exact) mass is 339 g/mol. The Morgan fingerprint density at radius 2 is 2.20 bits per heavy atom. The summed E-state index contributed by atoms with van der Waals surface area (Å²) in [7, 11) is 0. The van der Waals surface area contributed by atoms with Gasteiger partial charge >= 0.3 is 0 Å². The number of carbonyl (C=O) groups excluding carboxylic acids is 1. The minimum atomic E-state index is -0.379. The van der Waals surface area contributed by atoms with Crippen molar-refractivity contribution in [1.29, 1.82) is 0 Å². The van der Waals surface area contributed by atoms with Gasteiger partial charge in [-0.2, -0.15) is 0 Å². The molecule has 0 radical (unpaired) electrons. The number of rotatable bonds is 2. The van der Waals surface area contributed by atoms with E-state index < -0.39 is 0 Å². The molecule has 5 rings (SSSR count). The van der Waals surface area contributed by atoms with Gasteiger partial charge in [0, 0.05) is 41.4 Å². The standard InChI is InChI=1S/C19H18FN3O2/c20-17-13(2-1-3-15(17)23-6-7-25-10-16(23)24)12-8-14-18(21-9-12)22-11-19(14)4-5-19/h1-3,8-9H,4-7,10-11H2,(H,21,22). The van der Waals surface area contributed by atoms with Crippen molar-refractivity contribution in [3.8, 4) is 11.1 Å². The normalized spacial score (nSPS) is 20.5. The van der Waals surface area contributed by atoms with Crippen molar-refractivity contribution in [2.24, 2.45) is 0 Å². The number of hydrogen-bond acceptors (Lipinski definition) is 4. The van der Waals surface area contributed by atoms with Gasteiger partial charge in [0.1, 0.15) is 12.4 Å². The van der Waals surface area contributed by atoms with Gasteiger partial charge in [-0.3, -0.25) is 4.79 Å². The predicted octanol–water partition coefficient (Wildman–Crippen LogP) is 2.71. The first-order valence-electron chi connectivity index (χ1n) is 8.59. The van der Waals surface area contributed by atoms with Crippen LogP contribution in [0.1, 0.15) is 18.4 Å². The minimum absolute atomic E-state index is 0.00173. The van der Waals surface area contributed by atoms with E-state index >= 15 is 4.39 Å². The molecule has 0 bridgehead atoms. The van der Waals surface area contributed by atoms with Gasteiger partial charge < -0.3 is 15.0 Å². The number of anilines is 2. The maximum atomic E-state index is 15.2. The van der Waals surface area contributed by atoms with Crippen LogP contribution in [0.2, 0.25) is 0 Å². The maximum absolute atomic E-state index is 15.2. The zero-order valence-electron chi connectivity index (χ0n) is 13.7. The van der Waals surface area contributed by atoms with Crippen LogP contribution in [0.4, 0.5) is 15.9 Å². The van der Waals surface area contributed by atoms with Crippen LogP contribution in [0, 0.1) is 5.82 Å². The lowest BCUT2D eigenvalue weighted by molar-refractivity contribution is -0.125. The number of pyridine rings is 1. The number of morpholine rings is 1. The van der Waals surface area contributed by atoms with Gasteiger partial charge in [0.15, 0.2) is 5.82 Å². The number of carbonyl (C=O) groups is 1. The lowest BCUT2D eigenvalue weighted by Gasteiger charge is -2.27. The highest BCUT2D eigenvalue weighted by molar-refractivity contribution is 5.95. The summed E-state index contributed by atoms with van der Waals surface area (Å²) in [5, 5.41) is 3.34. The Kier molecular flexibility index (Phi) is 3.12. The third-order valence-corrected chi connectivity index (χ3v) is 5.47. The molecule has 128 valence electrons. The van der Waals surface area contributed by atoms with Crippen molar-refractivity contribution in [1.82, 2.24) is 4.98 Å². The second-order valence-corrected chi connectivity index (χ2v) is 6.99. The van der Waals surface area contributed by atoms with Crippen LogP contribution in [-0.2, 0) is 14.9 Å². The Balaban J connectivity index is 1.57. The number of nitrogens with one attached hydrogen (secondary N) is 1. The molecular weight excluding hydrogens is 321 g/mol. The van der Waals surface area contributed by atoms with Crippen LogP contribution in [0.15, 0.2) is 30.5 Å². The number of fused-ring (bicyclic) bond motifs is 2. The molecule has 1 aromatic heterocycles. The molecule has 1 saturated carbocycles. The van der Waals surface area contributed by atoms with Crippen molar-refractivity contribution < 1.29 is 13.9 Å². The number of benzene rings is 1. The number of aromatic nitrogens is 1. The average Bonchev–Trinajstić information content (AvgIpc) is 3.33. The highest BCUT2D eigenvalue weighted by atomic mass is 19.1. The summed E-state index contributed by atoms with van der Waals surface area (Å²) in [5.41, 5.74) is 2.94. The van der Waals surface area contributed by atoms with Crippen LogP contribution >= 0.6 is 0 Å². The van der Waals surface area contributed by atoms with Gasteiger partial charge in [-0.25, -0.2) is 9.37 Å². The smallest absolute Gasteiger partial charge is 0.253 e. The largest absolute Gasteiger partial charge is 0.370 e. The molecule has 2 aromatic rings. The van der Waals surface area contributed by atoms with Gasteiger partial charge in [0.05, 0.1) is 12.3 Å². The number of amides is 1. The van der Waals surface area contributed by atoms with E-state index in [1.54, 1.807) is 24.4 Å². The Morgan fingerprint density at radius 3 is 3.00 bits per heavy atom. The van der Waals surface area contributed by atoms with Gasteiger partial charge in [-0.05, 0) is 25.0 Å². The molecule has 1 saturated heterocycles. The Bertz CT molecular complexity index is 879. The summed E-state index contributed by atoms with van der Waals surface area (Å²) in [5.74, 6) is 0.326. The molecule has 1 aromatic carbocycles. The van der Waals surface area contributed by atoms with Gasteiger partial charge in [0.2, 0.25) is 0 Å². The Hall–Kier alpha value is -2.47. The molecule has 2 aliphatic heterocycles. The van der Waals surface area contributed by atoms with E-state index in [9.17, 15) is 4.79 Å². The van der Waals surface area contributed by atoms with E-state index in [0.717, 1.165) is 30.8 Å². The zero-order valence-corrected chi connectivity index (χ0v) is 13.7. The molecule has 3 heterocycles. The third kappa shape index (κ3) is 2.24. The molecular formula is C19H18FN3O2. The molecule has 1 amide bonds. The lowest BCUT2D eigenvalue weighted by Crippen LogP contribution is -2.42. The van der Waals surface area contributed by atoms with Crippen molar-refractivity contribution in [2.75, 3.05) is 36.5 Å². The molecule has 2 fully saturated rings. The molecule has 6 heteroatoms. The molecule has 1 N–H and O–H groups in total. The minimum Gasteiger partial charge on any atom is -0.370 e. The second kappa shape index (κ2) is 5.26.